The van der Waals surface area contributed by atoms with E-state index in [1.807, 2.05) is 11.8 Å². The molecule has 1 aliphatic heterocycles. The third-order valence-electron chi connectivity index (χ3n) is 4.76. The van der Waals surface area contributed by atoms with E-state index in [1.165, 1.54) is 13.0 Å². The Balaban J connectivity index is 1.98. The molecule has 132 valence electrons. The summed E-state index contributed by atoms with van der Waals surface area (Å²) in [7, 11) is 1.64. The predicted octanol–water partition coefficient (Wildman–Crippen LogP) is 2.27. The Hall–Kier alpha value is -2.63. The molecular formula is C19H22N2O4. The van der Waals surface area contributed by atoms with Crippen LogP contribution in [0.1, 0.15) is 35.7 Å². The van der Waals surface area contributed by atoms with E-state index in [1.54, 1.807) is 19.2 Å². The molecular weight excluding hydrogens is 320 g/mol. The first kappa shape index (κ1) is 17.2. The number of carbonyl (C=O) groups excluding carboxylic acids is 2. The van der Waals surface area contributed by atoms with Gasteiger partial charge in [0, 0.05) is 32.1 Å². The number of rotatable bonds is 3. The highest BCUT2D eigenvalue weighted by Crippen LogP contribution is 2.27. The van der Waals surface area contributed by atoms with Crippen molar-refractivity contribution in [3.63, 3.8) is 0 Å². The Morgan fingerprint density at radius 3 is 2.48 bits per heavy atom. The number of hydrogen-bond acceptors (Lipinski definition) is 5. The maximum atomic E-state index is 12.5. The van der Waals surface area contributed by atoms with Crippen molar-refractivity contribution >= 4 is 28.5 Å². The van der Waals surface area contributed by atoms with E-state index in [-0.39, 0.29) is 23.0 Å². The highest BCUT2D eigenvalue weighted by atomic mass is 16.4. The van der Waals surface area contributed by atoms with Crippen molar-refractivity contribution in [2.24, 2.45) is 5.92 Å². The molecule has 0 unspecified atom stereocenters. The number of amides is 1. The van der Waals surface area contributed by atoms with E-state index < -0.39 is 0 Å². The van der Waals surface area contributed by atoms with Crippen molar-refractivity contribution in [2.75, 3.05) is 25.0 Å². The Morgan fingerprint density at radius 2 is 1.88 bits per heavy atom. The van der Waals surface area contributed by atoms with E-state index in [9.17, 15) is 14.4 Å². The van der Waals surface area contributed by atoms with Crippen molar-refractivity contribution < 1.29 is 14.0 Å². The van der Waals surface area contributed by atoms with Gasteiger partial charge in [0.05, 0.1) is 10.9 Å². The maximum Gasteiger partial charge on any atom is 0.222 e. The molecule has 0 spiro atoms. The van der Waals surface area contributed by atoms with Crippen LogP contribution in [-0.2, 0) is 4.79 Å². The lowest BCUT2D eigenvalue weighted by Crippen LogP contribution is -2.39. The van der Waals surface area contributed by atoms with Crippen molar-refractivity contribution in [1.82, 2.24) is 5.32 Å². The molecule has 1 aromatic carbocycles. The molecule has 0 radical (unpaired) electrons. The standard InChI is InChI=1S/C19H22N2O4/c1-11-8-14(12(2)22)18-15(9-11)16(23)10-17(25-18)21-6-4-13(5-7-21)19(24)20-3/h8-10,13H,4-7H2,1-3H3,(H,20,24). The number of fused-ring (bicyclic) bond motifs is 1. The quantitative estimate of drug-likeness (QED) is 0.866. The Bertz CT molecular complexity index is 892. The zero-order valence-electron chi connectivity index (χ0n) is 14.7. The van der Waals surface area contributed by atoms with Crippen LogP contribution in [0, 0.1) is 12.8 Å². The SMILES string of the molecule is CNC(=O)C1CCN(c2cc(=O)c3cc(C)cc(C(C)=O)c3o2)CC1. The number of aryl methyl sites for hydroxylation is 1. The summed E-state index contributed by atoms with van der Waals surface area (Å²) in [5.41, 5.74) is 1.46. The van der Waals surface area contributed by atoms with Crippen LogP contribution in [-0.4, -0.2) is 31.8 Å². The van der Waals surface area contributed by atoms with Crippen LogP contribution in [0.15, 0.2) is 27.4 Å². The fourth-order valence-corrected chi connectivity index (χ4v) is 3.37. The summed E-state index contributed by atoms with van der Waals surface area (Å²) in [5, 5.41) is 3.10. The number of piperidine rings is 1. The van der Waals surface area contributed by atoms with Crippen molar-refractivity contribution in [1.29, 1.82) is 0 Å². The fourth-order valence-electron chi connectivity index (χ4n) is 3.37. The van der Waals surface area contributed by atoms with Gasteiger partial charge in [-0.15, -0.1) is 0 Å². The number of anilines is 1. The molecule has 0 atom stereocenters. The minimum absolute atomic E-state index is 0.0103. The van der Waals surface area contributed by atoms with E-state index in [2.05, 4.69) is 5.32 Å². The van der Waals surface area contributed by atoms with E-state index in [0.29, 0.717) is 48.3 Å². The number of nitrogens with one attached hydrogen (secondary N) is 1. The van der Waals surface area contributed by atoms with Gasteiger partial charge in [-0.25, -0.2) is 0 Å². The van der Waals surface area contributed by atoms with Gasteiger partial charge in [0.2, 0.25) is 5.91 Å². The average Bonchev–Trinajstić information content (AvgIpc) is 2.61. The lowest BCUT2D eigenvalue weighted by atomic mass is 9.96. The second kappa shape index (κ2) is 6.70. The zero-order chi connectivity index (χ0) is 18.1. The smallest absolute Gasteiger partial charge is 0.222 e. The fraction of sp³-hybridized carbons (Fsp3) is 0.421. The first-order valence-electron chi connectivity index (χ1n) is 8.46. The summed E-state index contributed by atoms with van der Waals surface area (Å²) >= 11 is 0. The van der Waals surface area contributed by atoms with Gasteiger partial charge in [0.1, 0.15) is 0 Å². The minimum Gasteiger partial charge on any atom is -0.440 e. The topological polar surface area (TPSA) is 79.6 Å². The maximum absolute atomic E-state index is 12.5. The lowest BCUT2D eigenvalue weighted by molar-refractivity contribution is -0.125. The molecule has 1 N–H and O–H groups in total. The summed E-state index contributed by atoms with van der Waals surface area (Å²) in [5.74, 6) is 0.365. The number of nitrogens with zero attached hydrogens (tertiary/aromatic N) is 1. The van der Waals surface area contributed by atoms with Crippen molar-refractivity contribution in [2.45, 2.75) is 26.7 Å². The van der Waals surface area contributed by atoms with Crippen LogP contribution >= 0.6 is 0 Å². The number of Topliss-reactive ketones (excluding diaryl/α,β-unsaturated/α-hetero) is 1. The monoisotopic (exact) mass is 342 g/mol. The van der Waals surface area contributed by atoms with E-state index in [0.717, 1.165) is 5.56 Å². The molecule has 1 amide bonds. The van der Waals surface area contributed by atoms with Gasteiger partial charge in [-0.3, -0.25) is 14.4 Å². The Kier molecular flexibility index (Phi) is 4.61. The molecule has 6 heteroatoms. The first-order valence-corrected chi connectivity index (χ1v) is 8.46. The first-order chi connectivity index (χ1) is 11.9. The van der Waals surface area contributed by atoms with Gasteiger partial charge in [-0.05, 0) is 44.4 Å². The molecule has 2 aromatic rings. The summed E-state index contributed by atoms with van der Waals surface area (Å²) in [6.07, 6.45) is 1.41. The van der Waals surface area contributed by atoms with Gasteiger partial charge in [-0.2, -0.15) is 0 Å². The zero-order valence-corrected chi connectivity index (χ0v) is 14.7. The highest BCUT2D eigenvalue weighted by molar-refractivity contribution is 6.05. The predicted molar refractivity (Wildman–Crippen MR) is 96.2 cm³/mol. The molecule has 2 heterocycles. The Labute approximate surface area is 145 Å². The van der Waals surface area contributed by atoms with Gasteiger partial charge in [0.15, 0.2) is 22.7 Å². The molecule has 3 rings (SSSR count). The second-order valence-electron chi connectivity index (χ2n) is 6.57. The van der Waals surface area contributed by atoms with E-state index in [4.69, 9.17) is 4.42 Å². The van der Waals surface area contributed by atoms with Gasteiger partial charge < -0.3 is 14.6 Å². The largest absolute Gasteiger partial charge is 0.440 e. The summed E-state index contributed by atoms with van der Waals surface area (Å²) in [6, 6.07) is 4.97. The van der Waals surface area contributed by atoms with Gasteiger partial charge in [0.25, 0.3) is 0 Å². The highest BCUT2D eigenvalue weighted by Gasteiger charge is 2.26. The lowest BCUT2D eigenvalue weighted by Gasteiger charge is -2.31. The number of carbonyl (C=O) groups is 2. The normalized spacial score (nSPS) is 15.4. The minimum atomic E-state index is -0.157. The molecule has 0 aliphatic carbocycles. The molecule has 1 fully saturated rings. The summed E-state index contributed by atoms with van der Waals surface area (Å²) in [4.78, 5) is 38.2. The molecule has 25 heavy (non-hydrogen) atoms. The van der Waals surface area contributed by atoms with Crippen LogP contribution in [0.25, 0.3) is 11.0 Å². The second-order valence-corrected chi connectivity index (χ2v) is 6.57. The number of ketones is 1. The third kappa shape index (κ3) is 3.29. The summed E-state index contributed by atoms with van der Waals surface area (Å²) in [6.45, 7) is 4.58. The molecule has 0 bridgehead atoms. The van der Waals surface area contributed by atoms with Gasteiger partial charge >= 0.3 is 0 Å². The molecule has 0 saturated carbocycles. The van der Waals surface area contributed by atoms with Gasteiger partial charge in [-0.1, -0.05) is 0 Å². The molecule has 1 aromatic heterocycles. The number of hydrogen-bond donors (Lipinski definition) is 1. The van der Waals surface area contributed by atoms with Crippen LogP contribution in [0.5, 0.6) is 0 Å². The van der Waals surface area contributed by atoms with Crippen molar-refractivity contribution in [3.8, 4) is 0 Å². The van der Waals surface area contributed by atoms with Crippen LogP contribution in [0.3, 0.4) is 0 Å². The van der Waals surface area contributed by atoms with Crippen LogP contribution < -0.4 is 15.6 Å². The number of benzene rings is 1. The summed E-state index contributed by atoms with van der Waals surface area (Å²) < 4.78 is 5.96. The average molecular weight is 342 g/mol. The van der Waals surface area contributed by atoms with E-state index >= 15 is 0 Å². The van der Waals surface area contributed by atoms with Crippen LogP contribution in [0.2, 0.25) is 0 Å². The molecule has 1 aliphatic rings. The van der Waals surface area contributed by atoms with Crippen molar-refractivity contribution in [3.05, 3.63) is 39.5 Å². The molecule has 6 nitrogen and oxygen atoms in total. The third-order valence-corrected chi connectivity index (χ3v) is 4.76. The Morgan fingerprint density at radius 1 is 1.20 bits per heavy atom. The molecule has 1 saturated heterocycles. The van der Waals surface area contributed by atoms with Crippen LogP contribution in [0.4, 0.5) is 5.88 Å².